The smallest absolute Gasteiger partial charge is 0.246 e. The Morgan fingerprint density at radius 1 is 1.71 bits per heavy atom. The second-order valence-corrected chi connectivity index (χ2v) is 4.22. The normalized spacial score (nSPS) is 12.4. The maximum Gasteiger partial charge on any atom is 0.246 e. The average Bonchev–Trinajstić information content (AvgIpc) is 2.56. The molecule has 0 aromatic carbocycles. The Kier molecular flexibility index (Phi) is 4.62. The summed E-state index contributed by atoms with van der Waals surface area (Å²) in [5.74, 6) is -0.0587. The van der Waals surface area contributed by atoms with Gasteiger partial charge < -0.3 is 10.1 Å². The standard InChI is InChI=1S/C10H15NO2S/c1-8(11-10(12)7-13-2)6-9-4-3-5-14-9/h3-5,8H,6-7H2,1-2H3,(H,11,12). The lowest BCUT2D eigenvalue weighted by molar-refractivity contribution is -0.125. The van der Waals surface area contributed by atoms with Gasteiger partial charge in [0.2, 0.25) is 5.91 Å². The summed E-state index contributed by atoms with van der Waals surface area (Å²) < 4.78 is 4.73. The molecule has 0 saturated carbocycles. The monoisotopic (exact) mass is 213 g/mol. The highest BCUT2D eigenvalue weighted by atomic mass is 32.1. The quantitative estimate of drug-likeness (QED) is 0.803. The van der Waals surface area contributed by atoms with Crippen LogP contribution in [0, 0.1) is 0 Å². The van der Waals surface area contributed by atoms with Gasteiger partial charge in [-0.05, 0) is 18.4 Å². The van der Waals surface area contributed by atoms with Crippen molar-refractivity contribution in [1.82, 2.24) is 5.32 Å². The highest BCUT2D eigenvalue weighted by Crippen LogP contribution is 2.10. The lowest BCUT2D eigenvalue weighted by atomic mass is 10.2. The Morgan fingerprint density at radius 3 is 3.07 bits per heavy atom. The van der Waals surface area contributed by atoms with Gasteiger partial charge in [-0.2, -0.15) is 0 Å². The lowest BCUT2D eigenvalue weighted by Crippen LogP contribution is -2.36. The van der Waals surface area contributed by atoms with Crippen LogP contribution in [0.1, 0.15) is 11.8 Å². The second-order valence-electron chi connectivity index (χ2n) is 3.19. The molecule has 0 spiro atoms. The van der Waals surface area contributed by atoms with Crippen molar-refractivity contribution in [2.45, 2.75) is 19.4 Å². The summed E-state index contributed by atoms with van der Waals surface area (Å²) in [6, 6.07) is 4.25. The van der Waals surface area contributed by atoms with E-state index in [4.69, 9.17) is 4.74 Å². The summed E-state index contributed by atoms with van der Waals surface area (Å²) in [5, 5.41) is 4.90. The lowest BCUT2D eigenvalue weighted by Gasteiger charge is -2.12. The molecule has 78 valence electrons. The summed E-state index contributed by atoms with van der Waals surface area (Å²) in [6.07, 6.45) is 0.882. The van der Waals surface area contributed by atoms with Crippen molar-refractivity contribution in [3.8, 4) is 0 Å². The van der Waals surface area contributed by atoms with Crippen molar-refractivity contribution >= 4 is 17.2 Å². The molecule has 0 radical (unpaired) electrons. The molecular weight excluding hydrogens is 198 g/mol. The predicted octanol–water partition coefficient (Wildman–Crippen LogP) is 1.44. The fourth-order valence-corrected chi connectivity index (χ4v) is 2.06. The zero-order valence-electron chi connectivity index (χ0n) is 8.45. The number of nitrogens with one attached hydrogen (secondary N) is 1. The number of ether oxygens (including phenoxy) is 1. The van der Waals surface area contributed by atoms with Gasteiger partial charge in [-0.15, -0.1) is 11.3 Å². The molecule has 0 aliphatic carbocycles. The largest absolute Gasteiger partial charge is 0.375 e. The Balaban J connectivity index is 2.29. The Labute approximate surface area is 88.1 Å². The first-order chi connectivity index (χ1) is 6.72. The summed E-state index contributed by atoms with van der Waals surface area (Å²) in [5.41, 5.74) is 0. The third-order valence-electron chi connectivity index (χ3n) is 1.77. The van der Waals surface area contributed by atoms with Crippen molar-refractivity contribution in [1.29, 1.82) is 0 Å². The van der Waals surface area contributed by atoms with Crippen molar-refractivity contribution in [2.75, 3.05) is 13.7 Å². The molecule has 1 atom stereocenters. The van der Waals surface area contributed by atoms with Crippen LogP contribution >= 0.6 is 11.3 Å². The third kappa shape index (κ3) is 3.89. The van der Waals surface area contributed by atoms with Gasteiger partial charge in [-0.25, -0.2) is 0 Å². The molecule has 0 aliphatic rings. The molecular formula is C10H15NO2S. The fraction of sp³-hybridized carbons (Fsp3) is 0.500. The van der Waals surface area contributed by atoms with E-state index in [1.807, 2.05) is 18.4 Å². The maximum absolute atomic E-state index is 11.1. The zero-order chi connectivity index (χ0) is 10.4. The number of amides is 1. The van der Waals surface area contributed by atoms with Crippen molar-refractivity contribution in [3.05, 3.63) is 22.4 Å². The minimum atomic E-state index is -0.0587. The molecule has 1 N–H and O–H groups in total. The number of thiophene rings is 1. The highest BCUT2D eigenvalue weighted by molar-refractivity contribution is 7.09. The van der Waals surface area contributed by atoms with Crippen molar-refractivity contribution in [2.24, 2.45) is 0 Å². The summed E-state index contributed by atoms with van der Waals surface area (Å²) in [4.78, 5) is 12.4. The van der Waals surface area contributed by atoms with E-state index in [-0.39, 0.29) is 18.6 Å². The molecule has 14 heavy (non-hydrogen) atoms. The van der Waals surface area contributed by atoms with E-state index in [1.165, 1.54) is 12.0 Å². The van der Waals surface area contributed by atoms with Gasteiger partial charge in [0.15, 0.2) is 0 Å². The second kappa shape index (κ2) is 5.78. The predicted molar refractivity (Wildman–Crippen MR) is 57.5 cm³/mol. The fourth-order valence-electron chi connectivity index (χ4n) is 1.23. The number of hydrogen-bond acceptors (Lipinski definition) is 3. The molecule has 4 heteroatoms. The molecule has 1 rings (SSSR count). The van der Waals surface area contributed by atoms with Crippen LogP contribution in [0.5, 0.6) is 0 Å². The maximum atomic E-state index is 11.1. The molecule has 0 aliphatic heterocycles. The van der Waals surface area contributed by atoms with Crippen LogP contribution in [0.4, 0.5) is 0 Å². The molecule has 1 heterocycles. The topological polar surface area (TPSA) is 38.3 Å². The van der Waals surface area contributed by atoms with E-state index in [9.17, 15) is 4.79 Å². The Hall–Kier alpha value is -0.870. The molecule has 1 amide bonds. The van der Waals surface area contributed by atoms with E-state index < -0.39 is 0 Å². The van der Waals surface area contributed by atoms with Crippen LogP contribution < -0.4 is 5.32 Å². The molecule has 3 nitrogen and oxygen atoms in total. The van der Waals surface area contributed by atoms with Crippen LogP contribution in [0.25, 0.3) is 0 Å². The molecule has 0 saturated heterocycles. The summed E-state index contributed by atoms with van der Waals surface area (Å²) in [7, 11) is 1.52. The van der Waals surface area contributed by atoms with Gasteiger partial charge >= 0.3 is 0 Å². The van der Waals surface area contributed by atoms with Crippen LogP contribution in [0.15, 0.2) is 17.5 Å². The van der Waals surface area contributed by atoms with Gasteiger partial charge in [0.1, 0.15) is 6.61 Å². The third-order valence-corrected chi connectivity index (χ3v) is 2.67. The number of carbonyl (C=O) groups is 1. The van der Waals surface area contributed by atoms with E-state index in [0.717, 1.165) is 6.42 Å². The SMILES string of the molecule is COCC(=O)NC(C)Cc1cccs1. The number of carbonyl (C=O) groups excluding carboxylic acids is 1. The summed E-state index contributed by atoms with van der Waals surface area (Å²) >= 11 is 1.71. The number of rotatable bonds is 5. The van der Waals surface area contributed by atoms with E-state index >= 15 is 0 Å². The van der Waals surface area contributed by atoms with Gasteiger partial charge in [0.25, 0.3) is 0 Å². The number of hydrogen-bond donors (Lipinski definition) is 1. The number of methoxy groups -OCH3 is 1. The van der Waals surface area contributed by atoms with Crippen LogP contribution in [-0.2, 0) is 16.0 Å². The minimum Gasteiger partial charge on any atom is -0.375 e. The van der Waals surface area contributed by atoms with Gasteiger partial charge in [-0.1, -0.05) is 6.07 Å². The van der Waals surface area contributed by atoms with Crippen molar-refractivity contribution < 1.29 is 9.53 Å². The molecule has 1 unspecified atom stereocenters. The zero-order valence-corrected chi connectivity index (χ0v) is 9.26. The minimum absolute atomic E-state index is 0.0587. The van der Waals surface area contributed by atoms with Gasteiger partial charge in [0, 0.05) is 24.4 Å². The van der Waals surface area contributed by atoms with Crippen LogP contribution in [0.3, 0.4) is 0 Å². The van der Waals surface area contributed by atoms with Crippen LogP contribution in [0.2, 0.25) is 0 Å². The van der Waals surface area contributed by atoms with Gasteiger partial charge in [0.05, 0.1) is 0 Å². The Morgan fingerprint density at radius 2 is 2.50 bits per heavy atom. The van der Waals surface area contributed by atoms with Gasteiger partial charge in [-0.3, -0.25) is 4.79 Å². The molecule has 1 aromatic heterocycles. The van der Waals surface area contributed by atoms with E-state index in [0.29, 0.717) is 0 Å². The first-order valence-electron chi connectivity index (χ1n) is 4.53. The first-order valence-corrected chi connectivity index (χ1v) is 5.41. The molecule has 0 fully saturated rings. The average molecular weight is 213 g/mol. The summed E-state index contributed by atoms with van der Waals surface area (Å²) in [6.45, 7) is 2.13. The van der Waals surface area contributed by atoms with E-state index in [2.05, 4.69) is 11.4 Å². The molecule has 1 aromatic rings. The highest BCUT2D eigenvalue weighted by Gasteiger charge is 2.07. The molecule has 0 bridgehead atoms. The van der Waals surface area contributed by atoms with E-state index in [1.54, 1.807) is 11.3 Å². The first kappa shape index (κ1) is 11.2. The van der Waals surface area contributed by atoms with Crippen molar-refractivity contribution in [3.63, 3.8) is 0 Å². The van der Waals surface area contributed by atoms with Crippen LogP contribution in [-0.4, -0.2) is 25.7 Å². The Bertz CT molecular complexity index is 272.